The Kier molecular flexibility index (Phi) is 5.12. The fraction of sp³-hybridized carbons (Fsp3) is 0.0455. The van der Waals surface area contributed by atoms with Crippen molar-refractivity contribution in [2.75, 3.05) is 12.0 Å². The molecular weight excluding hydrogens is 408 g/mol. The number of amides is 3. The molecule has 1 aromatic heterocycles. The van der Waals surface area contributed by atoms with Crippen molar-refractivity contribution in [3.8, 4) is 11.3 Å². The van der Waals surface area contributed by atoms with Crippen molar-refractivity contribution in [2.24, 2.45) is 0 Å². The summed E-state index contributed by atoms with van der Waals surface area (Å²) in [5.41, 5.74) is 1.32. The van der Waals surface area contributed by atoms with Gasteiger partial charge in [-0.1, -0.05) is 35.9 Å². The summed E-state index contributed by atoms with van der Waals surface area (Å²) in [7, 11) is 1.30. The quantitative estimate of drug-likeness (QED) is 0.380. The molecule has 3 amide bonds. The highest BCUT2D eigenvalue weighted by Crippen LogP contribution is 2.29. The zero-order chi connectivity index (χ0) is 21.3. The van der Waals surface area contributed by atoms with Crippen LogP contribution in [0.1, 0.15) is 16.1 Å². The molecule has 30 heavy (non-hydrogen) atoms. The van der Waals surface area contributed by atoms with Crippen molar-refractivity contribution < 1.29 is 23.5 Å². The van der Waals surface area contributed by atoms with Crippen molar-refractivity contribution in [3.05, 3.63) is 82.7 Å². The number of esters is 1. The molecule has 0 aliphatic carbocycles. The van der Waals surface area contributed by atoms with Crippen molar-refractivity contribution in [1.82, 2.24) is 5.32 Å². The van der Waals surface area contributed by atoms with Gasteiger partial charge in [0.2, 0.25) is 0 Å². The van der Waals surface area contributed by atoms with Crippen LogP contribution in [-0.4, -0.2) is 25.0 Å². The molecule has 0 saturated carbocycles. The zero-order valence-electron chi connectivity index (χ0n) is 15.7. The lowest BCUT2D eigenvalue weighted by atomic mass is 10.1. The predicted molar refractivity (Wildman–Crippen MR) is 111 cm³/mol. The Morgan fingerprint density at radius 3 is 2.67 bits per heavy atom. The average molecular weight is 423 g/mol. The number of hydrogen-bond acceptors (Lipinski definition) is 5. The number of imide groups is 1. The number of rotatable bonds is 4. The van der Waals surface area contributed by atoms with Gasteiger partial charge in [0.25, 0.3) is 5.91 Å². The van der Waals surface area contributed by atoms with Crippen LogP contribution in [0.4, 0.5) is 10.5 Å². The monoisotopic (exact) mass is 422 g/mol. The summed E-state index contributed by atoms with van der Waals surface area (Å²) in [4.78, 5) is 38.0. The molecule has 0 bridgehead atoms. The number of benzene rings is 2. The Labute approximate surface area is 176 Å². The van der Waals surface area contributed by atoms with Gasteiger partial charge < -0.3 is 14.5 Å². The van der Waals surface area contributed by atoms with Crippen LogP contribution >= 0.6 is 11.6 Å². The van der Waals surface area contributed by atoms with E-state index in [4.69, 9.17) is 20.8 Å². The summed E-state index contributed by atoms with van der Waals surface area (Å²) in [6, 6.07) is 16.0. The predicted octanol–water partition coefficient (Wildman–Crippen LogP) is 4.48. The molecule has 1 aliphatic rings. The van der Waals surface area contributed by atoms with Gasteiger partial charge in [-0.25, -0.2) is 14.5 Å². The summed E-state index contributed by atoms with van der Waals surface area (Å²) >= 11 is 5.96. The highest BCUT2D eigenvalue weighted by molar-refractivity contribution is 6.32. The first kappa shape index (κ1) is 19.5. The average Bonchev–Trinajstić information content (AvgIpc) is 3.31. The van der Waals surface area contributed by atoms with E-state index in [9.17, 15) is 14.4 Å². The van der Waals surface area contributed by atoms with Gasteiger partial charge in [0, 0.05) is 16.7 Å². The van der Waals surface area contributed by atoms with Crippen LogP contribution < -0.4 is 10.2 Å². The molecule has 0 spiro atoms. The maximum absolute atomic E-state index is 12.7. The Balaban J connectivity index is 1.63. The Morgan fingerprint density at radius 2 is 1.90 bits per heavy atom. The minimum atomic E-state index is -0.587. The van der Waals surface area contributed by atoms with E-state index >= 15 is 0 Å². The Morgan fingerprint density at radius 1 is 1.10 bits per heavy atom. The molecule has 0 unspecified atom stereocenters. The van der Waals surface area contributed by atoms with Crippen LogP contribution in [0, 0.1) is 0 Å². The molecular formula is C22H15ClN2O5. The van der Waals surface area contributed by atoms with E-state index in [1.807, 2.05) is 0 Å². The number of carbonyl (C=O) groups excluding carboxylic acids is 3. The molecule has 4 rings (SSSR count). The lowest BCUT2D eigenvalue weighted by Crippen LogP contribution is -2.30. The molecule has 150 valence electrons. The van der Waals surface area contributed by atoms with Crippen molar-refractivity contribution >= 4 is 41.3 Å². The largest absolute Gasteiger partial charge is 0.465 e. The molecule has 0 atom stereocenters. The third-order valence-corrected chi connectivity index (χ3v) is 4.69. The van der Waals surface area contributed by atoms with E-state index in [0.717, 1.165) is 4.90 Å². The molecule has 7 nitrogen and oxygen atoms in total. The molecule has 0 radical (unpaired) electrons. The fourth-order valence-electron chi connectivity index (χ4n) is 3.09. The zero-order valence-corrected chi connectivity index (χ0v) is 16.5. The SMILES string of the molecule is COC(=O)c1ccccc1-c1ccc(/C=C2/NC(=O)N(c3cccc(Cl)c3)C2=O)o1. The summed E-state index contributed by atoms with van der Waals surface area (Å²) < 4.78 is 10.6. The number of carbonyl (C=O) groups is 3. The standard InChI is InChI=1S/C22H15ClN2O5/c1-29-21(27)17-8-3-2-7-16(17)19-10-9-15(30-19)12-18-20(26)25(22(28)24-18)14-6-4-5-13(23)11-14/h2-12H,1H3,(H,24,28)/b18-12+. The number of halogens is 1. The van der Waals surface area contributed by atoms with Gasteiger partial charge in [-0.2, -0.15) is 0 Å². The molecule has 2 aromatic carbocycles. The van der Waals surface area contributed by atoms with E-state index in [0.29, 0.717) is 33.4 Å². The molecule has 3 aromatic rings. The highest BCUT2D eigenvalue weighted by Gasteiger charge is 2.35. The molecule has 1 fully saturated rings. The summed E-state index contributed by atoms with van der Waals surface area (Å²) in [5.74, 6) is -0.264. The van der Waals surface area contributed by atoms with Crippen molar-refractivity contribution in [1.29, 1.82) is 0 Å². The van der Waals surface area contributed by atoms with Gasteiger partial charge in [0.15, 0.2) is 0 Å². The number of ether oxygens (including phenoxy) is 1. The Hall–Kier alpha value is -3.84. The molecule has 1 saturated heterocycles. The Bertz CT molecular complexity index is 1200. The second-order valence-electron chi connectivity index (χ2n) is 6.35. The van der Waals surface area contributed by atoms with Crippen LogP contribution in [0.25, 0.3) is 17.4 Å². The first-order chi connectivity index (χ1) is 14.5. The minimum absolute atomic E-state index is 0.0575. The number of hydrogen-bond donors (Lipinski definition) is 1. The molecule has 1 N–H and O–H groups in total. The topological polar surface area (TPSA) is 88.9 Å². The van der Waals surface area contributed by atoms with Gasteiger partial charge >= 0.3 is 12.0 Å². The second kappa shape index (κ2) is 7.88. The summed E-state index contributed by atoms with van der Waals surface area (Å²) in [6.45, 7) is 0. The van der Waals surface area contributed by atoms with E-state index in [1.54, 1.807) is 54.6 Å². The van der Waals surface area contributed by atoms with Gasteiger partial charge in [0.1, 0.15) is 17.2 Å². The van der Waals surface area contributed by atoms with E-state index in [2.05, 4.69) is 5.32 Å². The van der Waals surface area contributed by atoms with E-state index < -0.39 is 17.9 Å². The first-order valence-corrected chi connectivity index (χ1v) is 9.26. The van der Waals surface area contributed by atoms with E-state index in [1.165, 1.54) is 19.3 Å². The third-order valence-electron chi connectivity index (χ3n) is 4.46. The molecule has 2 heterocycles. The number of furan rings is 1. The van der Waals surface area contributed by atoms with Crippen LogP contribution in [-0.2, 0) is 9.53 Å². The van der Waals surface area contributed by atoms with E-state index in [-0.39, 0.29) is 5.70 Å². The first-order valence-electron chi connectivity index (χ1n) is 8.88. The lowest BCUT2D eigenvalue weighted by Gasteiger charge is -2.11. The van der Waals surface area contributed by atoms with Crippen molar-refractivity contribution in [3.63, 3.8) is 0 Å². The molecule has 1 aliphatic heterocycles. The number of nitrogens with zero attached hydrogens (tertiary/aromatic N) is 1. The maximum atomic E-state index is 12.7. The fourth-order valence-corrected chi connectivity index (χ4v) is 3.27. The summed E-state index contributed by atoms with van der Waals surface area (Å²) in [5, 5.41) is 2.94. The van der Waals surface area contributed by atoms with Crippen LogP contribution in [0.2, 0.25) is 5.02 Å². The van der Waals surface area contributed by atoms with Crippen LogP contribution in [0.15, 0.2) is 70.8 Å². The van der Waals surface area contributed by atoms with Gasteiger partial charge in [-0.05, 0) is 36.4 Å². The summed E-state index contributed by atoms with van der Waals surface area (Å²) in [6.07, 6.45) is 1.43. The normalized spacial score (nSPS) is 14.9. The number of methoxy groups -OCH3 is 1. The van der Waals surface area contributed by atoms with Gasteiger partial charge in [-0.3, -0.25) is 4.79 Å². The highest BCUT2D eigenvalue weighted by atomic mass is 35.5. The molecule has 8 heteroatoms. The van der Waals surface area contributed by atoms with Crippen molar-refractivity contribution in [2.45, 2.75) is 0 Å². The smallest absolute Gasteiger partial charge is 0.338 e. The maximum Gasteiger partial charge on any atom is 0.338 e. The number of anilines is 1. The van der Waals surface area contributed by atoms with Crippen LogP contribution in [0.3, 0.4) is 0 Å². The minimum Gasteiger partial charge on any atom is -0.465 e. The number of urea groups is 1. The van der Waals surface area contributed by atoms with Crippen LogP contribution in [0.5, 0.6) is 0 Å². The lowest BCUT2D eigenvalue weighted by molar-refractivity contribution is -0.113. The third kappa shape index (κ3) is 3.58. The number of nitrogens with one attached hydrogen (secondary N) is 1. The van der Waals surface area contributed by atoms with Gasteiger partial charge in [0.05, 0.1) is 18.4 Å². The van der Waals surface area contributed by atoms with Gasteiger partial charge in [-0.15, -0.1) is 0 Å². The second-order valence-corrected chi connectivity index (χ2v) is 6.78.